The van der Waals surface area contributed by atoms with Gasteiger partial charge < -0.3 is 10.3 Å². The number of benzene rings is 2. The molecule has 6 heteroatoms. The number of aromatic amines is 1. The molecule has 2 aromatic carbocycles. The summed E-state index contributed by atoms with van der Waals surface area (Å²) < 4.78 is 27.0. The molecule has 0 aliphatic heterocycles. The number of nitrogens with one attached hydrogen (secondary N) is 2. The monoisotopic (exact) mass is 320 g/mol. The van der Waals surface area contributed by atoms with Gasteiger partial charge in [-0.2, -0.15) is 0 Å². The number of rotatable bonds is 3. The highest BCUT2D eigenvalue weighted by atomic mass is 35.5. The molecule has 1 aromatic heterocycles. The Morgan fingerprint density at radius 2 is 1.91 bits per heavy atom. The fourth-order valence-corrected chi connectivity index (χ4v) is 2.45. The topological polar surface area (TPSA) is 44.9 Å². The molecule has 0 aliphatic carbocycles. The highest BCUT2D eigenvalue weighted by molar-refractivity contribution is 6.31. The number of H-pyrrole nitrogens is 1. The molecule has 0 saturated heterocycles. The van der Waals surface area contributed by atoms with Crippen molar-refractivity contribution in [2.24, 2.45) is 0 Å². The van der Waals surface area contributed by atoms with Gasteiger partial charge in [-0.05, 0) is 29.8 Å². The first-order valence-electron chi connectivity index (χ1n) is 6.54. The van der Waals surface area contributed by atoms with E-state index in [1.165, 1.54) is 6.07 Å². The maximum atomic E-state index is 13.5. The number of carbonyl (C=O) groups is 1. The molecule has 3 rings (SSSR count). The molecule has 3 nitrogen and oxygen atoms in total. The highest BCUT2D eigenvalue weighted by Gasteiger charge is 2.14. The van der Waals surface area contributed by atoms with E-state index >= 15 is 0 Å². The summed E-state index contributed by atoms with van der Waals surface area (Å²) in [5.41, 5.74) is 1.09. The van der Waals surface area contributed by atoms with E-state index in [0.717, 1.165) is 28.6 Å². The zero-order valence-electron chi connectivity index (χ0n) is 11.3. The van der Waals surface area contributed by atoms with Crippen molar-refractivity contribution in [3.05, 3.63) is 64.8 Å². The number of anilines is 1. The van der Waals surface area contributed by atoms with Crippen LogP contribution in [-0.2, 0) is 11.2 Å². The average Bonchev–Trinajstić information content (AvgIpc) is 2.85. The summed E-state index contributed by atoms with van der Waals surface area (Å²) in [4.78, 5) is 15.0. The first-order chi connectivity index (χ1) is 10.5. The van der Waals surface area contributed by atoms with Crippen LogP contribution in [-0.4, -0.2) is 10.9 Å². The Kier molecular flexibility index (Phi) is 3.81. The lowest BCUT2D eigenvalue weighted by atomic mass is 10.1. The van der Waals surface area contributed by atoms with E-state index in [4.69, 9.17) is 11.6 Å². The van der Waals surface area contributed by atoms with Crippen LogP contribution in [0.4, 0.5) is 14.5 Å². The van der Waals surface area contributed by atoms with E-state index in [2.05, 4.69) is 10.3 Å². The molecule has 0 aliphatic rings. The summed E-state index contributed by atoms with van der Waals surface area (Å²) in [6.07, 6.45) is 1.67. The number of hydrogen-bond donors (Lipinski definition) is 2. The van der Waals surface area contributed by atoms with Crippen LogP contribution in [0.2, 0.25) is 5.02 Å². The summed E-state index contributed by atoms with van der Waals surface area (Å²) in [7, 11) is 0. The van der Waals surface area contributed by atoms with Crippen LogP contribution in [0.3, 0.4) is 0 Å². The van der Waals surface area contributed by atoms with Crippen molar-refractivity contribution >= 4 is 34.1 Å². The van der Waals surface area contributed by atoms with Crippen molar-refractivity contribution in [2.45, 2.75) is 6.42 Å². The van der Waals surface area contributed by atoms with Crippen molar-refractivity contribution in [2.75, 3.05) is 5.32 Å². The average molecular weight is 321 g/mol. The van der Waals surface area contributed by atoms with Gasteiger partial charge in [0.15, 0.2) is 0 Å². The minimum Gasteiger partial charge on any atom is -0.361 e. The highest BCUT2D eigenvalue weighted by Crippen LogP contribution is 2.23. The Morgan fingerprint density at radius 1 is 1.18 bits per heavy atom. The van der Waals surface area contributed by atoms with Crippen LogP contribution in [0.1, 0.15) is 5.56 Å². The fraction of sp³-hybridized carbons (Fsp3) is 0.0625. The normalized spacial score (nSPS) is 10.9. The summed E-state index contributed by atoms with van der Waals surface area (Å²) in [5.74, 6) is -2.11. The van der Waals surface area contributed by atoms with Gasteiger partial charge in [0.05, 0.1) is 6.42 Å². The predicted octanol–water partition coefficient (Wildman–Crippen LogP) is 4.28. The third-order valence-electron chi connectivity index (χ3n) is 3.31. The quantitative estimate of drug-likeness (QED) is 0.743. The molecule has 0 saturated carbocycles. The Bertz CT molecular complexity index is 840. The second kappa shape index (κ2) is 5.77. The van der Waals surface area contributed by atoms with E-state index < -0.39 is 23.2 Å². The molecule has 0 radical (unpaired) electrons. The standard InChI is InChI=1S/C16H11ClF2N2O/c17-10-4-5-11-9(8-20-14(11)7-10)6-15(22)21-16-12(18)2-1-3-13(16)19/h1-5,7-8,20H,6H2,(H,21,22). The maximum Gasteiger partial charge on any atom is 0.229 e. The second-order valence-corrected chi connectivity index (χ2v) is 5.26. The molecule has 1 amide bonds. The summed E-state index contributed by atoms with van der Waals surface area (Å²) in [6, 6.07) is 8.67. The molecule has 0 unspecified atom stereocenters. The maximum absolute atomic E-state index is 13.5. The van der Waals surface area contributed by atoms with Gasteiger partial charge in [0.2, 0.25) is 5.91 Å². The van der Waals surface area contributed by atoms with Crippen LogP contribution in [0.15, 0.2) is 42.6 Å². The van der Waals surface area contributed by atoms with Crippen LogP contribution in [0, 0.1) is 11.6 Å². The predicted molar refractivity (Wildman–Crippen MR) is 82.0 cm³/mol. The van der Waals surface area contributed by atoms with Crippen molar-refractivity contribution in [3.8, 4) is 0 Å². The number of carbonyl (C=O) groups excluding carboxylic acids is 1. The Labute approximate surface area is 129 Å². The van der Waals surface area contributed by atoms with E-state index in [9.17, 15) is 13.6 Å². The molecule has 1 heterocycles. The molecular weight excluding hydrogens is 310 g/mol. The second-order valence-electron chi connectivity index (χ2n) is 4.83. The van der Waals surface area contributed by atoms with Gasteiger partial charge >= 0.3 is 0 Å². The molecule has 0 atom stereocenters. The molecule has 112 valence electrons. The van der Waals surface area contributed by atoms with Gasteiger partial charge in [-0.25, -0.2) is 8.78 Å². The molecule has 2 N–H and O–H groups in total. The fourth-order valence-electron chi connectivity index (χ4n) is 2.28. The van der Waals surface area contributed by atoms with E-state index in [0.29, 0.717) is 5.02 Å². The van der Waals surface area contributed by atoms with E-state index in [1.54, 1.807) is 24.4 Å². The minimum atomic E-state index is -0.806. The number of halogens is 3. The van der Waals surface area contributed by atoms with Gasteiger partial charge in [0.25, 0.3) is 0 Å². The first-order valence-corrected chi connectivity index (χ1v) is 6.92. The Morgan fingerprint density at radius 3 is 2.64 bits per heavy atom. The van der Waals surface area contributed by atoms with E-state index in [-0.39, 0.29) is 6.42 Å². The molecule has 0 bridgehead atoms. The lowest BCUT2D eigenvalue weighted by Gasteiger charge is -2.07. The van der Waals surface area contributed by atoms with Crippen LogP contribution >= 0.6 is 11.6 Å². The molecule has 0 fully saturated rings. The van der Waals surface area contributed by atoms with Gasteiger partial charge in [-0.1, -0.05) is 23.7 Å². The van der Waals surface area contributed by atoms with E-state index in [1.807, 2.05) is 0 Å². The van der Waals surface area contributed by atoms with Gasteiger partial charge in [-0.15, -0.1) is 0 Å². The Hall–Kier alpha value is -2.40. The minimum absolute atomic E-state index is 0.00456. The van der Waals surface area contributed by atoms with Gasteiger partial charge in [-0.3, -0.25) is 4.79 Å². The molecule has 0 spiro atoms. The molecular formula is C16H11ClF2N2O. The lowest BCUT2D eigenvalue weighted by molar-refractivity contribution is -0.115. The van der Waals surface area contributed by atoms with Crippen molar-refractivity contribution < 1.29 is 13.6 Å². The van der Waals surface area contributed by atoms with Gasteiger partial charge in [0, 0.05) is 22.1 Å². The largest absolute Gasteiger partial charge is 0.361 e. The van der Waals surface area contributed by atoms with Crippen LogP contribution in [0.25, 0.3) is 10.9 Å². The molecule has 22 heavy (non-hydrogen) atoms. The summed E-state index contributed by atoms with van der Waals surface area (Å²) in [6.45, 7) is 0. The zero-order valence-corrected chi connectivity index (χ0v) is 12.0. The number of fused-ring (bicyclic) bond motifs is 1. The summed E-state index contributed by atoms with van der Waals surface area (Å²) in [5, 5.41) is 3.69. The van der Waals surface area contributed by atoms with Crippen molar-refractivity contribution in [1.29, 1.82) is 0 Å². The zero-order chi connectivity index (χ0) is 15.7. The number of para-hydroxylation sites is 1. The third kappa shape index (κ3) is 2.80. The smallest absolute Gasteiger partial charge is 0.229 e. The third-order valence-corrected chi connectivity index (χ3v) is 3.54. The SMILES string of the molecule is O=C(Cc1c[nH]c2cc(Cl)ccc12)Nc1c(F)cccc1F. The number of aromatic nitrogens is 1. The van der Waals surface area contributed by atoms with Crippen molar-refractivity contribution in [3.63, 3.8) is 0 Å². The lowest BCUT2D eigenvalue weighted by Crippen LogP contribution is -2.16. The Balaban J connectivity index is 1.82. The summed E-state index contributed by atoms with van der Waals surface area (Å²) >= 11 is 5.89. The van der Waals surface area contributed by atoms with Gasteiger partial charge in [0.1, 0.15) is 17.3 Å². The van der Waals surface area contributed by atoms with Crippen LogP contribution in [0.5, 0.6) is 0 Å². The number of hydrogen-bond acceptors (Lipinski definition) is 1. The van der Waals surface area contributed by atoms with Crippen molar-refractivity contribution in [1.82, 2.24) is 4.98 Å². The number of amides is 1. The van der Waals surface area contributed by atoms with Crippen LogP contribution < -0.4 is 5.32 Å². The molecule has 3 aromatic rings. The first kappa shape index (κ1) is 14.5.